The van der Waals surface area contributed by atoms with Crippen molar-refractivity contribution in [3.63, 3.8) is 0 Å². The molecule has 0 aliphatic heterocycles. The van der Waals surface area contributed by atoms with E-state index >= 15 is 0 Å². The summed E-state index contributed by atoms with van der Waals surface area (Å²) in [5.41, 5.74) is 0.816. The molecule has 1 amide bonds. The van der Waals surface area contributed by atoms with Gasteiger partial charge in [-0.3, -0.25) is 4.79 Å². The van der Waals surface area contributed by atoms with E-state index in [1.807, 2.05) is 35.9 Å². The first-order valence-electron chi connectivity index (χ1n) is 12.1. The van der Waals surface area contributed by atoms with Crippen LogP contribution >= 0.6 is 27.7 Å². The summed E-state index contributed by atoms with van der Waals surface area (Å²) >= 11 is 4.99. The fraction of sp³-hybridized carbons (Fsp3) is 0.560. The molecule has 176 valence electrons. The molecule has 2 aliphatic carbocycles. The predicted molar refractivity (Wildman–Crippen MR) is 135 cm³/mol. The molecule has 0 N–H and O–H groups in total. The van der Waals surface area contributed by atoms with E-state index in [0.29, 0.717) is 29.4 Å². The van der Waals surface area contributed by atoms with E-state index in [2.05, 4.69) is 31.0 Å². The van der Waals surface area contributed by atoms with Crippen LogP contribution in [0.15, 0.2) is 38.3 Å². The minimum absolute atomic E-state index is 0.261. The van der Waals surface area contributed by atoms with Gasteiger partial charge >= 0.3 is 0 Å². The number of halogens is 1. The van der Waals surface area contributed by atoms with Crippen molar-refractivity contribution in [3.8, 4) is 11.6 Å². The van der Waals surface area contributed by atoms with Crippen LogP contribution in [-0.2, 0) is 11.8 Å². The smallest absolute Gasteiger partial charge is 0.233 e. The molecule has 8 heteroatoms. The number of rotatable bonds is 6. The molecule has 0 radical (unpaired) electrons. The van der Waals surface area contributed by atoms with Crippen LogP contribution in [0.2, 0.25) is 0 Å². The fourth-order valence-corrected chi connectivity index (χ4v) is 6.56. The second-order valence-electron chi connectivity index (χ2n) is 9.33. The first-order chi connectivity index (χ1) is 16.1. The molecule has 5 rings (SSSR count). The SMILES string of the molecule is Cn1c(SCC(=O)N(C2CCCCC2)C2CCCCC2)nnc1-c1cc2cc(Br)ccc2o1. The number of carbonyl (C=O) groups excluding carboxylic acids is 1. The standard InChI is InChI=1S/C25H31BrN4O2S/c1-29-24(22-15-17-14-18(26)12-13-21(17)32-22)27-28-25(29)33-16-23(31)30(19-8-4-2-5-9-19)20-10-6-3-7-11-20/h12-15,19-20H,2-11,16H2,1H3. The topological polar surface area (TPSA) is 64.2 Å². The Kier molecular flexibility index (Phi) is 7.11. The molecule has 2 fully saturated rings. The Bertz CT molecular complexity index is 1100. The maximum Gasteiger partial charge on any atom is 0.233 e. The van der Waals surface area contributed by atoms with Crippen molar-refractivity contribution < 1.29 is 9.21 Å². The summed E-state index contributed by atoms with van der Waals surface area (Å²) in [5.74, 6) is 2.03. The maximum absolute atomic E-state index is 13.5. The summed E-state index contributed by atoms with van der Waals surface area (Å²) in [7, 11) is 1.94. The summed E-state index contributed by atoms with van der Waals surface area (Å²) in [6.07, 6.45) is 12.2. The van der Waals surface area contributed by atoms with Gasteiger partial charge in [-0.25, -0.2) is 0 Å². The summed E-state index contributed by atoms with van der Waals surface area (Å²) in [4.78, 5) is 15.8. The number of carbonyl (C=O) groups is 1. The number of hydrogen-bond acceptors (Lipinski definition) is 5. The highest BCUT2D eigenvalue weighted by atomic mass is 79.9. The molecule has 0 saturated heterocycles. The first-order valence-corrected chi connectivity index (χ1v) is 13.9. The third-order valence-corrected chi connectivity index (χ3v) is 8.58. The van der Waals surface area contributed by atoms with Gasteiger partial charge in [0.2, 0.25) is 5.91 Å². The molecule has 0 spiro atoms. The second-order valence-corrected chi connectivity index (χ2v) is 11.2. The normalized spacial score (nSPS) is 18.1. The Labute approximate surface area is 207 Å². The number of fused-ring (bicyclic) bond motifs is 1. The molecule has 0 atom stereocenters. The molecule has 0 unspecified atom stereocenters. The predicted octanol–water partition coefficient (Wildman–Crippen LogP) is 6.58. The number of aromatic nitrogens is 3. The average molecular weight is 532 g/mol. The lowest BCUT2D eigenvalue weighted by atomic mass is 9.88. The van der Waals surface area contributed by atoms with Crippen molar-refractivity contribution in [2.45, 2.75) is 81.4 Å². The number of benzene rings is 1. The van der Waals surface area contributed by atoms with E-state index in [1.165, 1.54) is 50.3 Å². The van der Waals surface area contributed by atoms with Gasteiger partial charge in [-0.1, -0.05) is 66.2 Å². The fourth-order valence-electron chi connectivity index (χ4n) is 5.40. The minimum Gasteiger partial charge on any atom is -0.453 e. The molecule has 2 aliphatic rings. The van der Waals surface area contributed by atoms with Crippen LogP contribution in [0.5, 0.6) is 0 Å². The van der Waals surface area contributed by atoms with Crippen LogP contribution in [0.3, 0.4) is 0 Å². The van der Waals surface area contributed by atoms with Gasteiger partial charge < -0.3 is 13.9 Å². The van der Waals surface area contributed by atoms with Crippen LogP contribution < -0.4 is 0 Å². The van der Waals surface area contributed by atoms with Crippen molar-refractivity contribution in [3.05, 3.63) is 28.7 Å². The average Bonchev–Trinajstić information content (AvgIpc) is 3.41. The van der Waals surface area contributed by atoms with Crippen LogP contribution in [0, 0.1) is 0 Å². The van der Waals surface area contributed by atoms with Crippen molar-refractivity contribution in [2.75, 3.05) is 5.75 Å². The van der Waals surface area contributed by atoms with Crippen LogP contribution in [-0.4, -0.2) is 43.4 Å². The van der Waals surface area contributed by atoms with Gasteiger partial charge in [0.15, 0.2) is 16.7 Å². The molecule has 1 aromatic carbocycles. The highest BCUT2D eigenvalue weighted by molar-refractivity contribution is 9.10. The summed E-state index contributed by atoms with van der Waals surface area (Å²) < 4.78 is 8.93. The van der Waals surface area contributed by atoms with Gasteiger partial charge in [-0.05, 0) is 49.9 Å². The van der Waals surface area contributed by atoms with Crippen LogP contribution in [0.25, 0.3) is 22.6 Å². The van der Waals surface area contributed by atoms with Gasteiger partial charge in [0.05, 0.1) is 5.75 Å². The number of furan rings is 1. The molecule has 2 saturated carbocycles. The van der Waals surface area contributed by atoms with Gasteiger partial charge in [0.25, 0.3) is 0 Å². The lowest BCUT2D eigenvalue weighted by Gasteiger charge is -2.41. The highest BCUT2D eigenvalue weighted by Gasteiger charge is 2.32. The lowest BCUT2D eigenvalue weighted by Crippen LogP contribution is -2.49. The summed E-state index contributed by atoms with van der Waals surface area (Å²) in [5, 5.41) is 10.5. The zero-order valence-electron chi connectivity index (χ0n) is 19.1. The zero-order valence-corrected chi connectivity index (χ0v) is 21.5. The van der Waals surface area contributed by atoms with E-state index in [0.717, 1.165) is 46.3 Å². The van der Waals surface area contributed by atoms with E-state index in [4.69, 9.17) is 4.42 Å². The van der Waals surface area contributed by atoms with E-state index in [-0.39, 0.29) is 5.91 Å². The Morgan fingerprint density at radius 2 is 1.73 bits per heavy atom. The Hall–Kier alpha value is -1.80. The Morgan fingerprint density at radius 1 is 1.06 bits per heavy atom. The van der Waals surface area contributed by atoms with E-state index < -0.39 is 0 Å². The summed E-state index contributed by atoms with van der Waals surface area (Å²) in [6.45, 7) is 0. The number of thioether (sulfide) groups is 1. The minimum atomic E-state index is 0.261. The second kappa shape index (κ2) is 10.2. The molecule has 0 bridgehead atoms. The van der Waals surface area contributed by atoms with Crippen molar-refractivity contribution >= 4 is 44.6 Å². The van der Waals surface area contributed by atoms with Gasteiger partial charge in [-0.15, -0.1) is 10.2 Å². The molecule has 2 aromatic heterocycles. The first kappa shape index (κ1) is 23.0. The summed E-state index contributed by atoms with van der Waals surface area (Å²) in [6, 6.07) is 8.75. The van der Waals surface area contributed by atoms with Gasteiger partial charge in [0.1, 0.15) is 5.58 Å². The number of amides is 1. The molecule has 2 heterocycles. The molecule has 3 aromatic rings. The third kappa shape index (κ3) is 5.02. The van der Waals surface area contributed by atoms with Gasteiger partial charge in [0, 0.05) is 29.0 Å². The maximum atomic E-state index is 13.5. The van der Waals surface area contributed by atoms with Gasteiger partial charge in [-0.2, -0.15) is 0 Å². The molecular weight excluding hydrogens is 500 g/mol. The highest BCUT2D eigenvalue weighted by Crippen LogP contribution is 2.33. The van der Waals surface area contributed by atoms with E-state index in [9.17, 15) is 4.79 Å². The molecule has 33 heavy (non-hydrogen) atoms. The van der Waals surface area contributed by atoms with Crippen molar-refractivity contribution in [1.82, 2.24) is 19.7 Å². The van der Waals surface area contributed by atoms with Crippen LogP contribution in [0.1, 0.15) is 64.2 Å². The van der Waals surface area contributed by atoms with Crippen LogP contribution in [0.4, 0.5) is 0 Å². The molecular formula is C25H31BrN4O2S. The lowest BCUT2D eigenvalue weighted by molar-refractivity contribution is -0.135. The number of hydrogen-bond donors (Lipinski definition) is 0. The van der Waals surface area contributed by atoms with Crippen molar-refractivity contribution in [1.29, 1.82) is 0 Å². The van der Waals surface area contributed by atoms with Crippen molar-refractivity contribution in [2.24, 2.45) is 7.05 Å². The largest absolute Gasteiger partial charge is 0.453 e. The number of nitrogens with zero attached hydrogens (tertiary/aromatic N) is 4. The Balaban J connectivity index is 1.30. The Morgan fingerprint density at radius 3 is 2.39 bits per heavy atom. The monoisotopic (exact) mass is 530 g/mol. The third-order valence-electron chi connectivity index (χ3n) is 7.08. The quantitative estimate of drug-likeness (QED) is 0.337. The molecule has 6 nitrogen and oxygen atoms in total. The zero-order chi connectivity index (χ0) is 22.8. The van der Waals surface area contributed by atoms with E-state index in [1.54, 1.807) is 0 Å².